The summed E-state index contributed by atoms with van der Waals surface area (Å²) < 4.78 is 5.34. The largest absolute Gasteiger partial charge is 0.378 e. The van der Waals surface area contributed by atoms with Crippen LogP contribution < -0.4 is 11.1 Å². The second-order valence-corrected chi connectivity index (χ2v) is 4.10. The monoisotopic (exact) mass is 231 g/mol. The summed E-state index contributed by atoms with van der Waals surface area (Å²) in [6.07, 6.45) is 1.65. The van der Waals surface area contributed by atoms with Gasteiger partial charge in [0.2, 0.25) is 5.91 Å². The number of ether oxygens (including phenoxy) is 1. The topological polar surface area (TPSA) is 67.6 Å². The predicted octanol–water partition coefficient (Wildman–Crippen LogP) is -0.192. The normalized spacial score (nSPS) is 12.8. The summed E-state index contributed by atoms with van der Waals surface area (Å²) >= 11 is 0. The van der Waals surface area contributed by atoms with Crippen molar-refractivity contribution in [2.45, 2.75) is 25.8 Å². The zero-order valence-electron chi connectivity index (χ0n) is 10.7. The molecule has 3 N–H and O–H groups in total. The average Bonchev–Trinajstić information content (AvgIpc) is 2.22. The Bertz CT molecular complexity index is 186. The molecule has 0 aliphatic carbocycles. The molecule has 0 aromatic heterocycles. The molecule has 0 aromatic rings. The SMILES string of the molecule is CCC[C@H](N)C(=O)NCCOCCN(C)C. The van der Waals surface area contributed by atoms with Crippen LogP contribution in [0.15, 0.2) is 0 Å². The van der Waals surface area contributed by atoms with Gasteiger partial charge in [-0.2, -0.15) is 0 Å². The quantitative estimate of drug-likeness (QED) is 0.540. The Morgan fingerprint density at radius 3 is 2.69 bits per heavy atom. The van der Waals surface area contributed by atoms with Crippen LogP contribution in [-0.4, -0.2) is 57.2 Å². The molecule has 1 amide bonds. The molecule has 5 nitrogen and oxygen atoms in total. The molecule has 0 fully saturated rings. The van der Waals surface area contributed by atoms with Gasteiger partial charge in [-0.15, -0.1) is 0 Å². The lowest BCUT2D eigenvalue weighted by Crippen LogP contribution is -2.41. The summed E-state index contributed by atoms with van der Waals surface area (Å²) in [5.74, 6) is -0.0851. The van der Waals surface area contributed by atoms with Crippen molar-refractivity contribution in [1.82, 2.24) is 10.2 Å². The lowest BCUT2D eigenvalue weighted by Gasteiger charge is -2.12. The van der Waals surface area contributed by atoms with Crippen molar-refractivity contribution in [3.8, 4) is 0 Å². The standard InChI is InChI=1S/C11H25N3O2/c1-4-5-10(12)11(15)13-6-8-16-9-7-14(2)3/h10H,4-9,12H2,1-3H3,(H,13,15)/t10-/m0/s1. The molecular weight excluding hydrogens is 206 g/mol. The van der Waals surface area contributed by atoms with Crippen LogP contribution in [0.5, 0.6) is 0 Å². The molecule has 16 heavy (non-hydrogen) atoms. The number of nitrogens with two attached hydrogens (primary N) is 1. The highest BCUT2D eigenvalue weighted by Gasteiger charge is 2.10. The van der Waals surface area contributed by atoms with Gasteiger partial charge in [0.1, 0.15) is 0 Å². The van der Waals surface area contributed by atoms with E-state index in [1.165, 1.54) is 0 Å². The Labute approximate surface area is 98.3 Å². The smallest absolute Gasteiger partial charge is 0.236 e. The number of rotatable bonds is 9. The first-order valence-electron chi connectivity index (χ1n) is 5.83. The summed E-state index contributed by atoms with van der Waals surface area (Å²) in [5.41, 5.74) is 5.65. The third-order valence-corrected chi connectivity index (χ3v) is 2.16. The molecule has 0 saturated carbocycles. The molecule has 0 saturated heterocycles. The first-order valence-corrected chi connectivity index (χ1v) is 5.83. The molecule has 0 bridgehead atoms. The number of likely N-dealkylation sites (N-methyl/N-ethyl adjacent to an activating group) is 1. The molecular formula is C11H25N3O2. The molecule has 0 heterocycles. The molecule has 0 aromatic carbocycles. The summed E-state index contributed by atoms with van der Waals surface area (Å²) in [4.78, 5) is 13.4. The summed E-state index contributed by atoms with van der Waals surface area (Å²) in [6.45, 7) is 4.66. The van der Waals surface area contributed by atoms with Crippen molar-refractivity contribution in [2.75, 3.05) is 40.4 Å². The van der Waals surface area contributed by atoms with Gasteiger partial charge in [-0.1, -0.05) is 13.3 Å². The third-order valence-electron chi connectivity index (χ3n) is 2.16. The van der Waals surface area contributed by atoms with Crippen molar-refractivity contribution in [3.05, 3.63) is 0 Å². The molecule has 1 atom stereocenters. The highest BCUT2D eigenvalue weighted by atomic mass is 16.5. The van der Waals surface area contributed by atoms with Crippen molar-refractivity contribution in [2.24, 2.45) is 5.73 Å². The lowest BCUT2D eigenvalue weighted by molar-refractivity contribution is -0.122. The Morgan fingerprint density at radius 2 is 2.12 bits per heavy atom. The second-order valence-electron chi connectivity index (χ2n) is 4.10. The second kappa shape index (κ2) is 9.57. The fourth-order valence-electron chi connectivity index (χ4n) is 1.17. The fourth-order valence-corrected chi connectivity index (χ4v) is 1.17. The van der Waals surface area contributed by atoms with Gasteiger partial charge < -0.3 is 20.7 Å². The van der Waals surface area contributed by atoms with Gasteiger partial charge >= 0.3 is 0 Å². The average molecular weight is 231 g/mol. The molecule has 96 valence electrons. The molecule has 0 radical (unpaired) electrons. The number of carbonyl (C=O) groups excluding carboxylic acids is 1. The van der Waals surface area contributed by atoms with Crippen LogP contribution in [0.4, 0.5) is 0 Å². The van der Waals surface area contributed by atoms with Gasteiger partial charge in [-0.3, -0.25) is 4.79 Å². The van der Waals surface area contributed by atoms with E-state index in [0.717, 1.165) is 19.4 Å². The number of amides is 1. The van der Waals surface area contributed by atoms with E-state index < -0.39 is 0 Å². The Morgan fingerprint density at radius 1 is 1.44 bits per heavy atom. The van der Waals surface area contributed by atoms with E-state index in [0.29, 0.717) is 19.8 Å². The van der Waals surface area contributed by atoms with Gasteiger partial charge in [0, 0.05) is 13.1 Å². The maximum absolute atomic E-state index is 11.4. The third kappa shape index (κ3) is 8.64. The first kappa shape index (κ1) is 15.3. The first-order chi connectivity index (χ1) is 7.57. The van der Waals surface area contributed by atoms with Crippen molar-refractivity contribution >= 4 is 5.91 Å². The van der Waals surface area contributed by atoms with Crippen LogP contribution in [0.2, 0.25) is 0 Å². The molecule has 0 aliphatic heterocycles. The number of hydrogen-bond donors (Lipinski definition) is 2. The van der Waals surface area contributed by atoms with Crippen LogP contribution in [0.3, 0.4) is 0 Å². The summed E-state index contributed by atoms with van der Waals surface area (Å²) in [5, 5.41) is 2.75. The zero-order chi connectivity index (χ0) is 12.4. The van der Waals surface area contributed by atoms with Gasteiger partial charge in [-0.05, 0) is 20.5 Å². The lowest BCUT2D eigenvalue weighted by atomic mass is 10.2. The fraction of sp³-hybridized carbons (Fsp3) is 0.909. The number of hydrogen-bond acceptors (Lipinski definition) is 4. The number of nitrogens with zero attached hydrogens (tertiary/aromatic N) is 1. The van der Waals surface area contributed by atoms with E-state index in [1.54, 1.807) is 0 Å². The molecule has 0 aliphatic rings. The van der Waals surface area contributed by atoms with E-state index >= 15 is 0 Å². The van der Waals surface area contributed by atoms with Crippen molar-refractivity contribution in [1.29, 1.82) is 0 Å². The Balaban J connectivity index is 3.34. The molecule has 0 spiro atoms. The van der Waals surface area contributed by atoms with Crippen LogP contribution >= 0.6 is 0 Å². The highest BCUT2D eigenvalue weighted by molar-refractivity contribution is 5.81. The van der Waals surface area contributed by atoms with Crippen LogP contribution in [0.25, 0.3) is 0 Å². The van der Waals surface area contributed by atoms with Crippen LogP contribution in [0, 0.1) is 0 Å². The molecule has 0 rings (SSSR count). The van der Waals surface area contributed by atoms with Gasteiger partial charge in [0.05, 0.1) is 19.3 Å². The minimum absolute atomic E-state index is 0.0851. The van der Waals surface area contributed by atoms with Crippen LogP contribution in [-0.2, 0) is 9.53 Å². The van der Waals surface area contributed by atoms with Crippen LogP contribution in [0.1, 0.15) is 19.8 Å². The van der Waals surface area contributed by atoms with E-state index in [9.17, 15) is 4.79 Å². The molecule has 5 heteroatoms. The Kier molecular flexibility index (Phi) is 9.18. The summed E-state index contributed by atoms with van der Waals surface area (Å²) in [6, 6.07) is -0.383. The van der Waals surface area contributed by atoms with Gasteiger partial charge in [0.15, 0.2) is 0 Å². The van der Waals surface area contributed by atoms with E-state index in [-0.39, 0.29) is 11.9 Å². The minimum Gasteiger partial charge on any atom is -0.378 e. The predicted molar refractivity (Wildman–Crippen MR) is 65.3 cm³/mol. The maximum Gasteiger partial charge on any atom is 0.236 e. The molecule has 0 unspecified atom stereocenters. The highest BCUT2D eigenvalue weighted by Crippen LogP contribution is 1.92. The number of nitrogens with one attached hydrogen (secondary N) is 1. The number of carbonyl (C=O) groups is 1. The van der Waals surface area contributed by atoms with E-state index in [2.05, 4.69) is 10.2 Å². The van der Waals surface area contributed by atoms with Gasteiger partial charge in [0.25, 0.3) is 0 Å². The maximum atomic E-state index is 11.4. The zero-order valence-corrected chi connectivity index (χ0v) is 10.7. The van der Waals surface area contributed by atoms with Crippen molar-refractivity contribution in [3.63, 3.8) is 0 Å². The van der Waals surface area contributed by atoms with Crippen molar-refractivity contribution < 1.29 is 9.53 Å². The van der Waals surface area contributed by atoms with Gasteiger partial charge in [-0.25, -0.2) is 0 Å². The summed E-state index contributed by atoms with van der Waals surface area (Å²) in [7, 11) is 3.99. The van der Waals surface area contributed by atoms with E-state index in [4.69, 9.17) is 10.5 Å². The Hall–Kier alpha value is -0.650. The van der Waals surface area contributed by atoms with E-state index in [1.807, 2.05) is 21.0 Å². The minimum atomic E-state index is -0.383.